The molecule has 0 aliphatic rings. The van der Waals surface area contributed by atoms with Crippen LogP contribution in [0.4, 0.5) is 11.4 Å². The Morgan fingerprint density at radius 3 is 2.00 bits per heavy atom. The van der Waals surface area contributed by atoms with E-state index in [0.29, 0.717) is 11.4 Å². The molecule has 0 radical (unpaired) electrons. The van der Waals surface area contributed by atoms with E-state index in [0.717, 1.165) is 0 Å². The highest BCUT2D eigenvalue weighted by atomic mass is 16.6. The molecule has 132 valence electrons. The number of nitrogens with zero attached hydrogens (tertiary/aromatic N) is 1. The smallest absolute Gasteiger partial charge is 0.343 e. The average molecular weight is 341 g/mol. The first kappa shape index (κ1) is 19.2. The number of carbonyl (C=O) groups excluding carboxylic acids is 3. The highest BCUT2D eigenvalue weighted by molar-refractivity contribution is 5.83. The van der Waals surface area contributed by atoms with Crippen LogP contribution in [0.3, 0.4) is 0 Å². The summed E-state index contributed by atoms with van der Waals surface area (Å²) in [6, 6.07) is 4.89. The third-order valence-corrected chi connectivity index (χ3v) is 3.03. The minimum Gasteiger partial charge on any atom is -0.479 e. The van der Waals surface area contributed by atoms with Crippen LogP contribution in [0.1, 0.15) is 0 Å². The van der Waals surface area contributed by atoms with Crippen LogP contribution in [0.15, 0.2) is 18.2 Å². The predicted octanol–water partition coefficient (Wildman–Crippen LogP) is -0.736. The molecule has 1 aromatic carbocycles. The number of ether oxygens (including phenoxy) is 4. The van der Waals surface area contributed by atoms with Crippen LogP contribution >= 0.6 is 0 Å². The van der Waals surface area contributed by atoms with E-state index in [1.807, 2.05) is 0 Å². The van der Waals surface area contributed by atoms with Crippen molar-refractivity contribution in [1.29, 1.82) is 0 Å². The van der Waals surface area contributed by atoms with Crippen LogP contribution in [-0.2, 0) is 28.6 Å². The molecule has 0 aliphatic heterocycles. The standard InChI is InChI=1S/C15H20N2O7/c1-21-13(18)7-17(8-14(19)22-2)11-5-4-10(16)6-12(11)24-9-15(20)23-3/h4-6H,7-9,16H2,1-3H3/p+1. The van der Waals surface area contributed by atoms with Crippen molar-refractivity contribution < 1.29 is 39.1 Å². The Labute approximate surface area is 139 Å². The van der Waals surface area contributed by atoms with Crippen LogP contribution < -0.4 is 15.4 Å². The molecule has 0 amide bonds. The number of rotatable bonds is 8. The van der Waals surface area contributed by atoms with Crippen LogP contribution in [-0.4, -0.2) is 58.9 Å². The van der Waals surface area contributed by atoms with Gasteiger partial charge in [-0.15, -0.1) is 0 Å². The molecule has 9 heteroatoms. The SMILES string of the molecule is COC(=O)COc1cc([NH3+])ccc1N(CC(=O)OC)CC(=O)OC. The first-order chi connectivity index (χ1) is 11.4. The number of methoxy groups -OCH3 is 3. The van der Waals surface area contributed by atoms with Gasteiger partial charge in [0.2, 0.25) is 0 Å². The van der Waals surface area contributed by atoms with Crippen LogP contribution in [0.2, 0.25) is 0 Å². The van der Waals surface area contributed by atoms with Gasteiger partial charge < -0.3 is 29.6 Å². The van der Waals surface area contributed by atoms with Gasteiger partial charge in [0, 0.05) is 12.1 Å². The van der Waals surface area contributed by atoms with Crippen molar-refractivity contribution in [3.05, 3.63) is 18.2 Å². The minimum atomic E-state index is -0.567. The summed E-state index contributed by atoms with van der Waals surface area (Å²) in [6.07, 6.45) is 0. The van der Waals surface area contributed by atoms with Gasteiger partial charge in [0.05, 0.1) is 27.0 Å². The summed E-state index contributed by atoms with van der Waals surface area (Å²) in [5.41, 5.74) is 4.84. The lowest BCUT2D eigenvalue weighted by molar-refractivity contribution is -0.254. The van der Waals surface area contributed by atoms with E-state index >= 15 is 0 Å². The molecule has 0 saturated carbocycles. The normalized spacial score (nSPS) is 9.83. The van der Waals surface area contributed by atoms with Crippen molar-refractivity contribution in [1.82, 2.24) is 0 Å². The molecule has 0 heterocycles. The van der Waals surface area contributed by atoms with Gasteiger partial charge in [0.1, 0.15) is 24.5 Å². The summed E-state index contributed by atoms with van der Waals surface area (Å²) in [5, 5.41) is 0. The predicted molar refractivity (Wildman–Crippen MR) is 82.7 cm³/mol. The van der Waals surface area contributed by atoms with Gasteiger partial charge in [-0.25, -0.2) is 4.79 Å². The van der Waals surface area contributed by atoms with E-state index in [1.54, 1.807) is 18.2 Å². The number of benzene rings is 1. The van der Waals surface area contributed by atoms with Gasteiger partial charge in [0.25, 0.3) is 0 Å². The van der Waals surface area contributed by atoms with E-state index in [2.05, 4.69) is 19.9 Å². The molecule has 24 heavy (non-hydrogen) atoms. The molecular formula is C15H21N2O7+. The fraction of sp³-hybridized carbons (Fsp3) is 0.400. The number of anilines is 1. The van der Waals surface area contributed by atoms with Gasteiger partial charge >= 0.3 is 17.9 Å². The Morgan fingerprint density at radius 2 is 1.50 bits per heavy atom. The largest absolute Gasteiger partial charge is 0.479 e. The summed E-state index contributed by atoms with van der Waals surface area (Å²) in [7, 11) is 3.73. The van der Waals surface area contributed by atoms with Gasteiger partial charge in [-0.05, 0) is 6.07 Å². The number of hydrogen-bond donors (Lipinski definition) is 1. The molecule has 0 spiro atoms. The van der Waals surface area contributed by atoms with E-state index < -0.39 is 17.9 Å². The zero-order chi connectivity index (χ0) is 18.1. The highest BCUT2D eigenvalue weighted by Gasteiger charge is 2.21. The molecule has 0 fully saturated rings. The summed E-state index contributed by atoms with van der Waals surface area (Å²) < 4.78 is 19.2. The molecule has 1 rings (SSSR count). The van der Waals surface area contributed by atoms with Crippen molar-refractivity contribution >= 4 is 29.3 Å². The summed E-state index contributed by atoms with van der Waals surface area (Å²) in [6.45, 7) is -0.718. The topological polar surface area (TPSA) is 119 Å². The second kappa shape index (κ2) is 9.36. The van der Waals surface area contributed by atoms with E-state index in [4.69, 9.17) is 4.74 Å². The molecular weight excluding hydrogens is 320 g/mol. The van der Waals surface area contributed by atoms with Crippen LogP contribution in [0.5, 0.6) is 5.75 Å². The molecule has 1 aromatic rings. The molecule has 0 unspecified atom stereocenters. The lowest BCUT2D eigenvalue weighted by atomic mass is 10.2. The number of quaternary nitrogens is 1. The van der Waals surface area contributed by atoms with Gasteiger partial charge in [0.15, 0.2) is 6.61 Å². The van der Waals surface area contributed by atoms with Gasteiger partial charge in [-0.1, -0.05) is 0 Å². The quantitative estimate of drug-likeness (QED) is 0.485. The number of carbonyl (C=O) groups is 3. The fourth-order valence-corrected chi connectivity index (χ4v) is 1.80. The molecule has 9 nitrogen and oxygen atoms in total. The molecule has 3 N–H and O–H groups in total. The van der Waals surface area contributed by atoms with Crippen LogP contribution in [0, 0.1) is 0 Å². The molecule has 0 bridgehead atoms. The monoisotopic (exact) mass is 341 g/mol. The van der Waals surface area contributed by atoms with Gasteiger partial charge in [-0.2, -0.15) is 0 Å². The van der Waals surface area contributed by atoms with Crippen LogP contribution in [0.25, 0.3) is 0 Å². The van der Waals surface area contributed by atoms with Gasteiger partial charge in [-0.3, -0.25) is 9.59 Å². The van der Waals surface area contributed by atoms with Crippen molar-refractivity contribution in [2.75, 3.05) is 45.9 Å². The van der Waals surface area contributed by atoms with E-state index in [-0.39, 0.29) is 25.4 Å². The third kappa shape index (κ3) is 5.76. The average Bonchev–Trinajstić information content (AvgIpc) is 2.58. The number of hydrogen-bond acceptors (Lipinski definition) is 8. The van der Waals surface area contributed by atoms with Crippen molar-refractivity contribution in [3.63, 3.8) is 0 Å². The summed E-state index contributed by atoms with van der Waals surface area (Å²) in [5.74, 6) is -1.38. The molecule has 0 atom stereocenters. The lowest BCUT2D eigenvalue weighted by Gasteiger charge is -2.24. The summed E-state index contributed by atoms with van der Waals surface area (Å²) >= 11 is 0. The first-order valence-corrected chi connectivity index (χ1v) is 6.95. The first-order valence-electron chi connectivity index (χ1n) is 6.95. The maximum absolute atomic E-state index is 11.6. The maximum atomic E-state index is 11.6. The maximum Gasteiger partial charge on any atom is 0.343 e. The third-order valence-electron chi connectivity index (χ3n) is 3.03. The van der Waals surface area contributed by atoms with E-state index in [1.165, 1.54) is 26.2 Å². The molecule has 0 saturated heterocycles. The fourth-order valence-electron chi connectivity index (χ4n) is 1.80. The van der Waals surface area contributed by atoms with Crippen molar-refractivity contribution in [2.45, 2.75) is 0 Å². The Bertz CT molecular complexity index is 585. The zero-order valence-electron chi connectivity index (χ0n) is 13.9. The lowest BCUT2D eigenvalue weighted by Crippen LogP contribution is -2.40. The second-order valence-electron chi connectivity index (χ2n) is 4.68. The molecule has 0 aliphatic carbocycles. The Morgan fingerprint density at radius 1 is 0.958 bits per heavy atom. The zero-order valence-corrected chi connectivity index (χ0v) is 13.9. The van der Waals surface area contributed by atoms with Crippen molar-refractivity contribution in [2.24, 2.45) is 0 Å². The Kier molecular flexibility index (Phi) is 7.50. The minimum absolute atomic E-state index is 0.198. The Hall–Kier alpha value is -2.81. The number of esters is 3. The van der Waals surface area contributed by atoms with Crippen molar-refractivity contribution in [3.8, 4) is 5.75 Å². The molecule has 0 aromatic heterocycles. The second-order valence-corrected chi connectivity index (χ2v) is 4.68. The summed E-state index contributed by atoms with van der Waals surface area (Å²) in [4.78, 5) is 35.9. The van der Waals surface area contributed by atoms with E-state index in [9.17, 15) is 14.4 Å². The Balaban J connectivity index is 3.11. The highest BCUT2D eigenvalue weighted by Crippen LogP contribution is 2.30.